The minimum absolute atomic E-state index is 0.0211. The Hall–Kier alpha value is -2.50. The Morgan fingerprint density at radius 1 is 0.735 bits per heavy atom. The number of carboxylic acid groups (broad SMARTS) is 1. The minimum atomic E-state index is -1.02. The maximum atomic E-state index is 11.6. The van der Waals surface area contributed by atoms with Crippen LogP contribution in [-0.4, -0.2) is 71.9 Å². The monoisotopic (exact) mass is 705 g/mol. The van der Waals surface area contributed by atoms with E-state index in [1.807, 2.05) is 34.6 Å². The van der Waals surface area contributed by atoms with E-state index in [9.17, 15) is 24.3 Å². The molecule has 2 unspecified atom stereocenters. The molecule has 49 heavy (non-hydrogen) atoms. The van der Waals surface area contributed by atoms with Crippen molar-refractivity contribution in [2.24, 2.45) is 27.6 Å². The number of ether oxygens (including phenoxy) is 3. The lowest BCUT2D eigenvalue weighted by atomic mass is 9.72. The van der Waals surface area contributed by atoms with Crippen LogP contribution in [0.15, 0.2) is 12.2 Å². The molecule has 0 aromatic carbocycles. The number of carbonyl (C=O) groups is 4. The zero-order chi connectivity index (χ0) is 39.2. The maximum absolute atomic E-state index is 11.6. The lowest BCUT2D eigenvalue weighted by Gasteiger charge is -2.38. The zero-order valence-corrected chi connectivity index (χ0v) is 33.3. The molecular formula is C38H72O11. The average molecular weight is 705 g/mol. The lowest BCUT2D eigenvalue weighted by molar-refractivity contribution is -0.316. The highest BCUT2D eigenvalue weighted by Gasteiger charge is 2.36. The summed E-state index contributed by atoms with van der Waals surface area (Å²) >= 11 is 0. The first-order valence-electron chi connectivity index (χ1n) is 17.7. The van der Waals surface area contributed by atoms with E-state index in [1.54, 1.807) is 27.7 Å². The van der Waals surface area contributed by atoms with Crippen molar-refractivity contribution < 1.29 is 53.7 Å². The largest absolute Gasteiger partial charge is 0.481 e. The van der Waals surface area contributed by atoms with Crippen molar-refractivity contribution in [2.45, 2.75) is 160 Å². The van der Waals surface area contributed by atoms with Crippen molar-refractivity contribution in [3.05, 3.63) is 12.2 Å². The maximum Gasteiger partial charge on any atom is 0.333 e. The molecule has 290 valence electrons. The second-order valence-corrected chi connectivity index (χ2v) is 15.4. The number of carbonyl (C=O) groups excluding carboxylic acids is 3. The van der Waals surface area contributed by atoms with Crippen LogP contribution in [0.4, 0.5) is 0 Å². The molecule has 2 atom stereocenters. The Bertz CT molecular complexity index is 976. The van der Waals surface area contributed by atoms with Gasteiger partial charge in [0.2, 0.25) is 0 Å². The van der Waals surface area contributed by atoms with Crippen molar-refractivity contribution in [1.82, 2.24) is 0 Å². The number of hydrogen-bond donors (Lipinski definition) is 3. The summed E-state index contributed by atoms with van der Waals surface area (Å²) in [4.78, 5) is 48.5. The molecule has 1 rings (SSSR count). The molecule has 0 amide bonds. The third-order valence-electron chi connectivity index (χ3n) is 9.56. The van der Waals surface area contributed by atoms with E-state index in [4.69, 9.17) is 24.7 Å². The van der Waals surface area contributed by atoms with Gasteiger partial charge in [-0.3, -0.25) is 19.6 Å². The molecule has 0 aromatic heterocycles. The third kappa shape index (κ3) is 21.4. The van der Waals surface area contributed by atoms with Crippen molar-refractivity contribution in [3.63, 3.8) is 0 Å². The van der Waals surface area contributed by atoms with Gasteiger partial charge in [0.15, 0.2) is 0 Å². The fourth-order valence-corrected chi connectivity index (χ4v) is 3.93. The van der Waals surface area contributed by atoms with Crippen LogP contribution in [0.2, 0.25) is 0 Å². The third-order valence-corrected chi connectivity index (χ3v) is 9.56. The Morgan fingerprint density at radius 3 is 1.47 bits per heavy atom. The molecule has 0 heterocycles. The van der Waals surface area contributed by atoms with E-state index in [0.717, 1.165) is 12.8 Å². The number of aliphatic hydroxyl groups is 1. The van der Waals surface area contributed by atoms with E-state index in [1.165, 1.54) is 46.1 Å². The van der Waals surface area contributed by atoms with Gasteiger partial charge in [-0.2, -0.15) is 0 Å². The highest BCUT2D eigenvalue weighted by molar-refractivity contribution is 5.86. The summed E-state index contributed by atoms with van der Waals surface area (Å²) in [5.41, 5.74) is -1.08. The van der Waals surface area contributed by atoms with E-state index >= 15 is 0 Å². The number of methoxy groups -OCH3 is 1. The quantitative estimate of drug-likeness (QED) is 0.0492. The summed E-state index contributed by atoms with van der Waals surface area (Å²) < 4.78 is 14.2. The van der Waals surface area contributed by atoms with E-state index < -0.39 is 28.9 Å². The number of hydrogen-bond acceptors (Lipinski definition) is 10. The summed E-state index contributed by atoms with van der Waals surface area (Å²) in [7, 11) is 1.42. The second-order valence-electron chi connectivity index (χ2n) is 15.4. The van der Waals surface area contributed by atoms with Gasteiger partial charge in [0.1, 0.15) is 25.4 Å². The molecule has 0 spiro atoms. The van der Waals surface area contributed by atoms with Crippen molar-refractivity contribution in [2.75, 3.05) is 20.3 Å². The SMILES string of the molecule is C=C(C)C(=O)OCC(O)COC(=O)C(C)(C)CC.CCC(C)(C)C(=O)O.CCC(C)(C)C(=O)OC.CCC(C)(C)C(OO)C1CCCCC1. The van der Waals surface area contributed by atoms with Crippen LogP contribution in [0.1, 0.15) is 148 Å². The Morgan fingerprint density at radius 2 is 1.16 bits per heavy atom. The smallest absolute Gasteiger partial charge is 0.333 e. The Labute approximate surface area is 297 Å². The number of aliphatic carboxylic acids is 1. The van der Waals surface area contributed by atoms with Gasteiger partial charge in [0.05, 0.1) is 23.4 Å². The molecule has 0 bridgehead atoms. The van der Waals surface area contributed by atoms with E-state index in [0.29, 0.717) is 18.8 Å². The van der Waals surface area contributed by atoms with Gasteiger partial charge >= 0.3 is 23.9 Å². The average Bonchev–Trinajstić information content (AvgIpc) is 3.06. The van der Waals surface area contributed by atoms with E-state index in [2.05, 4.69) is 32.1 Å². The molecule has 0 saturated heterocycles. The van der Waals surface area contributed by atoms with E-state index in [-0.39, 0.29) is 47.7 Å². The van der Waals surface area contributed by atoms with Crippen LogP contribution in [0.5, 0.6) is 0 Å². The molecule has 0 radical (unpaired) electrons. The predicted molar refractivity (Wildman–Crippen MR) is 193 cm³/mol. The van der Waals surface area contributed by atoms with Crippen LogP contribution in [-0.2, 0) is 38.3 Å². The van der Waals surface area contributed by atoms with Gasteiger partial charge in [-0.05, 0) is 98.3 Å². The molecule has 11 nitrogen and oxygen atoms in total. The van der Waals surface area contributed by atoms with Gasteiger partial charge in [-0.1, -0.05) is 67.4 Å². The zero-order valence-electron chi connectivity index (χ0n) is 33.3. The molecule has 11 heteroatoms. The summed E-state index contributed by atoms with van der Waals surface area (Å²) in [5.74, 6) is -1.25. The van der Waals surface area contributed by atoms with Crippen LogP contribution in [0.3, 0.4) is 0 Å². The number of rotatable bonds is 15. The molecule has 3 N–H and O–H groups in total. The standard InChI is InChI=1S/C13H22O5.C12H24O2.C7H14O2.C6H12O2/c1-6-13(4,5)12(16)18-8-10(14)7-17-11(15)9(2)3;1-4-12(2,3)11(14-13)10-8-6-5-7-9-10;1-5-7(2,3)6(8)9-4;1-4-6(2,3)5(7)8/h10,14H,2,6-8H2,1,3-5H3;10-11,13H,4-9H2,1-3H3;5H2,1-4H3;4H2,1-3H3,(H,7,8). The van der Waals surface area contributed by atoms with Crippen LogP contribution in [0, 0.1) is 27.6 Å². The normalized spacial score (nSPS) is 14.9. The number of aliphatic hydroxyl groups excluding tert-OH is 1. The first-order valence-corrected chi connectivity index (χ1v) is 17.7. The topological polar surface area (TPSA) is 166 Å². The first-order chi connectivity index (χ1) is 22.4. The molecule has 1 aliphatic rings. The van der Waals surface area contributed by atoms with Crippen molar-refractivity contribution >= 4 is 23.9 Å². The van der Waals surface area contributed by atoms with Gasteiger partial charge in [0.25, 0.3) is 0 Å². The van der Waals surface area contributed by atoms with Gasteiger partial charge < -0.3 is 24.4 Å². The first kappa shape index (κ1) is 50.9. The second kappa shape index (κ2) is 24.6. The van der Waals surface area contributed by atoms with Crippen LogP contribution >= 0.6 is 0 Å². The Balaban J connectivity index is -0.000000607. The van der Waals surface area contributed by atoms with Gasteiger partial charge in [-0.25, -0.2) is 9.68 Å². The molecule has 1 saturated carbocycles. The van der Waals surface area contributed by atoms with Gasteiger partial charge in [-0.15, -0.1) is 0 Å². The molecule has 1 aliphatic carbocycles. The number of esters is 3. The van der Waals surface area contributed by atoms with Crippen LogP contribution < -0.4 is 0 Å². The summed E-state index contributed by atoms with van der Waals surface area (Å²) in [5, 5.41) is 27.0. The van der Waals surface area contributed by atoms with Gasteiger partial charge in [0, 0.05) is 5.57 Å². The highest BCUT2D eigenvalue weighted by atomic mass is 17.1. The molecule has 1 fully saturated rings. The predicted octanol–water partition coefficient (Wildman–Crippen LogP) is 8.41. The minimum Gasteiger partial charge on any atom is -0.481 e. The summed E-state index contributed by atoms with van der Waals surface area (Å²) in [6.45, 7) is 27.5. The fourth-order valence-electron chi connectivity index (χ4n) is 3.93. The lowest BCUT2D eigenvalue weighted by Crippen LogP contribution is -2.38. The highest BCUT2D eigenvalue weighted by Crippen LogP contribution is 2.38. The molecule has 0 aromatic rings. The molecular weight excluding hydrogens is 632 g/mol. The summed E-state index contributed by atoms with van der Waals surface area (Å²) in [6, 6.07) is 0. The molecule has 0 aliphatic heterocycles. The Kier molecular flexibility index (Phi) is 25.6. The van der Waals surface area contributed by atoms with Crippen molar-refractivity contribution in [1.29, 1.82) is 0 Å². The fraction of sp³-hybridized carbons (Fsp3) is 0.842. The van der Waals surface area contributed by atoms with Crippen LogP contribution in [0.25, 0.3) is 0 Å². The number of carboxylic acids is 1. The van der Waals surface area contributed by atoms with Crippen molar-refractivity contribution in [3.8, 4) is 0 Å². The summed E-state index contributed by atoms with van der Waals surface area (Å²) in [6.07, 6.45) is 8.57.